The van der Waals surface area contributed by atoms with Crippen LogP contribution >= 0.6 is 0 Å². The predicted molar refractivity (Wildman–Crippen MR) is 126 cm³/mol. The highest BCUT2D eigenvalue weighted by Gasteiger charge is 2.54. The van der Waals surface area contributed by atoms with Crippen LogP contribution in [0, 0.1) is 16.2 Å². The molecule has 3 aromatic rings. The van der Waals surface area contributed by atoms with Crippen LogP contribution in [0.3, 0.4) is 0 Å². The molecule has 2 heteroatoms. The first kappa shape index (κ1) is 19.8. The summed E-state index contributed by atoms with van der Waals surface area (Å²) in [5.74, 6) is 1.15. The lowest BCUT2D eigenvalue weighted by atomic mass is 9.70. The first-order valence-corrected chi connectivity index (χ1v) is 11.7. The van der Waals surface area contributed by atoms with Gasteiger partial charge in [0.1, 0.15) is 5.82 Å². The Hall–Kier alpha value is -2.09. The molecule has 0 spiro atoms. The molecule has 0 unspecified atom stereocenters. The Morgan fingerprint density at radius 3 is 2.20 bits per heavy atom. The van der Waals surface area contributed by atoms with Crippen LogP contribution in [0.5, 0.6) is 0 Å². The van der Waals surface area contributed by atoms with E-state index in [1.54, 1.807) is 0 Å². The second-order valence-corrected chi connectivity index (χ2v) is 11.8. The van der Waals surface area contributed by atoms with Crippen LogP contribution < -0.4 is 0 Å². The molecule has 5 rings (SSSR count). The van der Waals surface area contributed by atoms with Crippen molar-refractivity contribution in [2.45, 2.75) is 78.6 Å². The number of fused-ring (bicyclic) bond motifs is 1. The quantitative estimate of drug-likeness (QED) is 0.464. The average molecular weight is 401 g/mol. The van der Waals surface area contributed by atoms with E-state index in [-0.39, 0.29) is 5.41 Å². The van der Waals surface area contributed by atoms with E-state index >= 15 is 0 Å². The molecule has 30 heavy (non-hydrogen) atoms. The smallest absolute Gasteiger partial charge is 0.107 e. The van der Waals surface area contributed by atoms with Crippen LogP contribution in [0.25, 0.3) is 11.0 Å². The van der Waals surface area contributed by atoms with Crippen LogP contribution in [0.2, 0.25) is 0 Å². The molecule has 0 amide bonds. The summed E-state index contributed by atoms with van der Waals surface area (Å²) in [6.45, 7) is 12.0. The molecule has 1 aromatic heterocycles. The van der Waals surface area contributed by atoms with E-state index in [9.17, 15) is 0 Å². The lowest BCUT2D eigenvalue weighted by Gasteiger charge is -2.34. The zero-order valence-corrected chi connectivity index (χ0v) is 19.3. The summed E-state index contributed by atoms with van der Waals surface area (Å²) in [7, 11) is 0. The molecule has 2 aliphatic carbocycles. The summed E-state index contributed by atoms with van der Waals surface area (Å²) in [5.41, 5.74) is 6.56. The minimum atomic E-state index is 0.225. The van der Waals surface area contributed by atoms with Gasteiger partial charge in [0.25, 0.3) is 0 Å². The van der Waals surface area contributed by atoms with Crippen LogP contribution in [0.15, 0.2) is 48.5 Å². The van der Waals surface area contributed by atoms with Crippen molar-refractivity contribution < 1.29 is 0 Å². The predicted octanol–water partition coefficient (Wildman–Crippen LogP) is 7.23. The number of nitrogens with zero attached hydrogens (tertiary/aromatic N) is 1. The Morgan fingerprint density at radius 1 is 0.900 bits per heavy atom. The largest absolute Gasteiger partial charge is 0.342 e. The van der Waals surface area contributed by atoms with Gasteiger partial charge in [0.2, 0.25) is 0 Å². The summed E-state index contributed by atoms with van der Waals surface area (Å²) < 4.78 is 0. The molecule has 0 bridgehead atoms. The Kier molecular flexibility index (Phi) is 4.27. The second-order valence-electron chi connectivity index (χ2n) is 11.8. The Labute approximate surface area is 181 Å². The molecule has 1 heterocycles. The van der Waals surface area contributed by atoms with Crippen LogP contribution in [-0.2, 0) is 18.3 Å². The van der Waals surface area contributed by atoms with Crippen molar-refractivity contribution in [3.8, 4) is 0 Å². The Morgan fingerprint density at radius 2 is 1.60 bits per heavy atom. The van der Waals surface area contributed by atoms with Gasteiger partial charge in [0.05, 0.1) is 11.0 Å². The highest BCUT2D eigenvalue weighted by Crippen LogP contribution is 2.62. The van der Waals surface area contributed by atoms with Gasteiger partial charge in [0, 0.05) is 11.8 Å². The maximum Gasteiger partial charge on any atom is 0.107 e. The molecule has 1 N–H and O–H groups in total. The average Bonchev–Trinajstić information content (AvgIpc) is 3.58. The minimum Gasteiger partial charge on any atom is -0.342 e. The fraction of sp³-hybridized carbons (Fsp3) is 0.536. The number of imidazole rings is 1. The molecule has 2 fully saturated rings. The summed E-state index contributed by atoms with van der Waals surface area (Å²) in [4.78, 5) is 8.69. The molecular formula is C28H36N2. The van der Waals surface area contributed by atoms with Gasteiger partial charge in [-0.1, -0.05) is 71.0 Å². The monoisotopic (exact) mass is 400 g/mol. The van der Waals surface area contributed by atoms with Crippen LogP contribution in [-0.4, -0.2) is 9.97 Å². The van der Waals surface area contributed by atoms with Crippen molar-refractivity contribution in [1.29, 1.82) is 0 Å². The molecule has 2 aromatic carbocycles. The van der Waals surface area contributed by atoms with E-state index < -0.39 is 0 Å². The van der Waals surface area contributed by atoms with Gasteiger partial charge >= 0.3 is 0 Å². The highest BCUT2D eigenvalue weighted by atomic mass is 14.9. The molecule has 2 aliphatic rings. The van der Waals surface area contributed by atoms with E-state index in [1.807, 2.05) is 0 Å². The second kappa shape index (κ2) is 6.45. The Balaban J connectivity index is 1.39. The highest BCUT2D eigenvalue weighted by molar-refractivity contribution is 5.76. The third-order valence-corrected chi connectivity index (χ3v) is 8.55. The normalized spacial score (nSPS) is 19.8. The van der Waals surface area contributed by atoms with Gasteiger partial charge < -0.3 is 4.98 Å². The number of aromatic amines is 1. The fourth-order valence-electron chi connectivity index (χ4n) is 5.88. The van der Waals surface area contributed by atoms with Crippen molar-refractivity contribution in [1.82, 2.24) is 9.97 Å². The molecule has 0 radical (unpaired) electrons. The van der Waals surface area contributed by atoms with Gasteiger partial charge in [-0.3, -0.25) is 0 Å². The SMILES string of the molecule is CC(C)(C)C1(c2ccc3nc(CC(C)(C)C4(Cc5ccccc5)CC4)[nH]c3c2)CC1. The van der Waals surface area contributed by atoms with Gasteiger partial charge in [0.15, 0.2) is 0 Å². The molecule has 2 nitrogen and oxygen atoms in total. The molecule has 2 saturated carbocycles. The molecule has 0 atom stereocenters. The van der Waals surface area contributed by atoms with E-state index in [1.165, 1.54) is 48.7 Å². The van der Waals surface area contributed by atoms with Crippen molar-refractivity contribution in [2.24, 2.45) is 16.2 Å². The summed E-state index contributed by atoms with van der Waals surface area (Å²) in [6.07, 6.45) is 7.45. The van der Waals surface area contributed by atoms with Gasteiger partial charge in [-0.25, -0.2) is 4.98 Å². The van der Waals surface area contributed by atoms with E-state index in [4.69, 9.17) is 4.98 Å². The van der Waals surface area contributed by atoms with Crippen LogP contribution in [0.1, 0.15) is 77.3 Å². The molecule has 0 aliphatic heterocycles. The van der Waals surface area contributed by atoms with Crippen molar-refractivity contribution in [3.05, 3.63) is 65.5 Å². The standard InChI is InChI=1S/C28H36N2/c1-25(2,3)28(15-16-28)21-11-12-22-23(17-21)30-24(29-22)19-26(4,5)27(13-14-27)18-20-9-7-6-8-10-20/h6-12,17H,13-16,18-19H2,1-5H3,(H,29,30). The van der Waals surface area contributed by atoms with Crippen molar-refractivity contribution >= 4 is 11.0 Å². The summed E-state index contributed by atoms with van der Waals surface area (Å²) in [6, 6.07) is 18.0. The zero-order valence-electron chi connectivity index (χ0n) is 19.3. The summed E-state index contributed by atoms with van der Waals surface area (Å²) in [5, 5.41) is 0. The fourth-order valence-corrected chi connectivity index (χ4v) is 5.88. The van der Waals surface area contributed by atoms with Gasteiger partial charge in [-0.2, -0.15) is 0 Å². The maximum atomic E-state index is 5.00. The number of hydrogen-bond acceptors (Lipinski definition) is 1. The lowest BCUT2D eigenvalue weighted by molar-refractivity contribution is 0.180. The third kappa shape index (κ3) is 3.20. The first-order chi connectivity index (χ1) is 14.1. The van der Waals surface area contributed by atoms with Gasteiger partial charge in [-0.05, 0) is 71.6 Å². The third-order valence-electron chi connectivity index (χ3n) is 8.55. The van der Waals surface area contributed by atoms with Gasteiger partial charge in [-0.15, -0.1) is 0 Å². The number of benzene rings is 2. The number of aromatic nitrogens is 2. The van der Waals surface area contributed by atoms with E-state index in [2.05, 4.69) is 88.1 Å². The van der Waals surface area contributed by atoms with E-state index in [0.717, 1.165) is 17.8 Å². The van der Waals surface area contributed by atoms with Crippen LogP contribution in [0.4, 0.5) is 0 Å². The number of nitrogens with one attached hydrogen (secondary N) is 1. The molecular weight excluding hydrogens is 364 g/mol. The number of H-pyrrole nitrogens is 1. The molecule has 158 valence electrons. The topological polar surface area (TPSA) is 28.7 Å². The zero-order chi connectivity index (χ0) is 21.2. The van der Waals surface area contributed by atoms with Crippen molar-refractivity contribution in [2.75, 3.05) is 0 Å². The number of hydrogen-bond donors (Lipinski definition) is 1. The first-order valence-electron chi connectivity index (χ1n) is 11.7. The van der Waals surface area contributed by atoms with E-state index in [0.29, 0.717) is 16.2 Å². The maximum absolute atomic E-state index is 5.00. The Bertz CT molecular complexity index is 1060. The molecule has 0 saturated heterocycles. The summed E-state index contributed by atoms with van der Waals surface area (Å²) >= 11 is 0. The minimum absolute atomic E-state index is 0.225. The lowest BCUT2D eigenvalue weighted by Crippen LogP contribution is -2.30. The number of rotatable bonds is 6. The van der Waals surface area contributed by atoms with Crippen molar-refractivity contribution in [3.63, 3.8) is 0 Å².